The van der Waals surface area contributed by atoms with Crippen molar-refractivity contribution in [3.63, 3.8) is 0 Å². The number of nitrogens with one attached hydrogen (secondary N) is 1. The third kappa shape index (κ3) is 3.46. The van der Waals surface area contributed by atoms with Gasteiger partial charge < -0.3 is 5.32 Å². The van der Waals surface area contributed by atoms with Gasteiger partial charge in [-0.2, -0.15) is 0 Å². The summed E-state index contributed by atoms with van der Waals surface area (Å²) in [6.07, 6.45) is 0. The summed E-state index contributed by atoms with van der Waals surface area (Å²) < 4.78 is 12.7. The Balaban J connectivity index is 2.54. The number of hydrogen-bond donors (Lipinski definition) is 1. The van der Waals surface area contributed by atoms with Crippen LogP contribution in [0.5, 0.6) is 0 Å². The van der Waals surface area contributed by atoms with E-state index >= 15 is 0 Å². The lowest BCUT2D eigenvalue weighted by atomic mass is 10.1. The van der Waals surface area contributed by atoms with Crippen molar-refractivity contribution < 1.29 is 4.39 Å². The van der Waals surface area contributed by atoms with E-state index in [0.29, 0.717) is 5.92 Å². The number of hydrogen-bond acceptors (Lipinski definition) is 1. The molecule has 1 atom stereocenters. The lowest BCUT2D eigenvalue weighted by Crippen LogP contribution is -2.26. The van der Waals surface area contributed by atoms with Gasteiger partial charge in [0, 0.05) is 0 Å². The number of halogens is 1. The Morgan fingerprint density at radius 2 is 1.86 bits per heavy atom. The third-order valence-corrected chi connectivity index (χ3v) is 2.13. The van der Waals surface area contributed by atoms with E-state index < -0.39 is 0 Å². The molecule has 0 aliphatic heterocycles. The summed E-state index contributed by atoms with van der Waals surface area (Å²) in [5, 5.41) is 3.21. The fourth-order valence-corrected chi connectivity index (χ4v) is 1.32. The van der Waals surface area contributed by atoms with Crippen molar-refractivity contribution in [1.29, 1.82) is 0 Å². The van der Waals surface area contributed by atoms with Crippen LogP contribution in [0.4, 0.5) is 4.39 Å². The Labute approximate surface area is 85.3 Å². The van der Waals surface area contributed by atoms with Crippen LogP contribution in [-0.4, -0.2) is 13.2 Å². The van der Waals surface area contributed by atoms with Crippen molar-refractivity contribution in [3.8, 4) is 0 Å². The quantitative estimate of drug-likeness (QED) is 0.761. The van der Waals surface area contributed by atoms with Crippen LogP contribution in [0, 0.1) is 5.92 Å². The SMILES string of the molecule is CC(C)CNC(CF)c1ccccc1. The molecule has 78 valence electrons. The summed E-state index contributed by atoms with van der Waals surface area (Å²) in [6, 6.07) is 9.58. The minimum absolute atomic E-state index is 0.154. The smallest absolute Gasteiger partial charge is 0.109 e. The lowest BCUT2D eigenvalue weighted by molar-refractivity contribution is 0.367. The van der Waals surface area contributed by atoms with E-state index in [1.165, 1.54) is 0 Å². The first-order valence-electron chi connectivity index (χ1n) is 5.08. The highest BCUT2D eigenvalue weighted by atomic mass is 19.1. The van der Waals surface area contributed by atoms with Crippen molar-refractivity contribution in [2.45, 2.75) is 19.9 Å². The van der Waals surface area contributed by atoms with Gasteiger partial charge in [0.05, 0.1) is 6.04 Å². The predicted molar refractivity (Wildman–Crippen MR) is 58.0 cm³/mol. The zero-order valence-electron chi connectivity index (χ0n) is 8.83. The number of rotatable bonds is 5. The maximum Gasteiger partial charge on any atom is 0.109 e. The molecule has 0 aliphatic carbocycles. The number of benzene rings is 1. The van der Waals surface area contributed by atoms with Crippen LogP contribution in [0.25, 0.3) is 0 Å². The van der Waals surface area contributed by atoms with Crippen LogP contribution in [0.3, 0.4) is 0 Å². The molecule has 1 rings (SSSR count). The molecular weight excluding hydrogens is 177 g/mol. The molecule has 1 unspecified atom stereocenters. The van der Waals surface area contributed by atoms with Crippen LogP contribution in [0.2, 0.25) is 0 Å². The Bertz CT molecular complexity index is 246. The zero-order valence-corrected chi connectivity index (χ0v) is 8.83. The van der Waals surface area contributed by atoms with Gasteiger partial charge in [0.25, 0.3) is 0 Å². The molecule has 0 bridgehead atoms. The molecule has 0 aromatic heterocycles. The van der Waals surface area contributed by atoms with E-state index in [2.05, 4.69) is 19.2 Å². The van der Waals surface area contributed by atoms with Gasteiger partial charge in [-0.3, -0.25) is 0 Å². The van der Waals surface area contributed by atoms with Crippen LogP contribution in [0.1, 0.15) is 25.5 Å². The first kappa shape index (κ1) is 11.2. The standard InChI is InChI=1S/C12H18FN/c1-10(2)9-14-12(8-13)11-6-4-3-5-7-11/h3-7,10,12,14H,8-9H2,1-2H3. The van der Waals surface area contributed by atoms with Gasteiger partial charge >= 0.3 is 0 Å². The van der Waals surface area contributed by atoms with Crippen LogP contribution in [-0.2, 0) is 0 Å². The van der Waals surface area contributed by atoms with Gasteiger partial charge in [-0.25, -0.2) is 4.39 Å². The van der Waals surface area contributed by atoms with Gasteiger partial charge in [0.1, 0.15) is 6.67 Å². The van der Waals surface area contributed by atoms with E-state index in [9.17, 15) is 4.39 Å². The highest BCUT2D eigenvalue weighted by molar-refractivity contribution is 5.18. The van der Waals surface area contributed by atoms with Crippen molar-refractivity contribution in [3.05, 3.63) is 35.9 Å². The molecule has 1 nitrogen and oxygen atoms in total. The first-order chi connectivity index (χ1) is 6.74. The van der Waals surface area contributed by atoms with Crippen molar-refractivity contribution >= 4 is 0 Å². The minimum Gasteiger partial charge on any atom is -0.308 e. The molecule has 0 saturated heterocycles. The normalized spacial score (nSPS) is 13.1. The molecule has 0 aliphatic rings. The topological polar surface area (TPSA) is 12.0 Å². The molecule has 0 amide bonds. The Hall–Kier alpha value is -0.890. The molecule has 1 aromatic carbocycles. The van der Waals surface area contributed by atoms with E-state index in [1.54, 1.807) is 0 Å². The largest absolute Gasteiger partial charge is 0.308 e. The molecule has 2 heteroatoms. The van der Waals surface area contributed by atoms with E-state index in [0.717, 1.165) is 12.1 Å². The van der Waals surface area contributed by atoms with Gasteiger partial charge in [0.2, 0.25) is 0 Å². The van der Waals surface area contributed by atoms with E-state index in [-0.39, 0.29) is 12.7 Å². The highest BCUT2D eigenvalue weighted by Crippen LogP contribution is 2.12. The monoisotopic (exact) mass is 195 g/mol. The molecule has 1 aromatic rings. The summed E-state index contributed by atoms with van der Waals surface area (Å²) in [7, 11) is 0. The van der Waals surface area contributed by atoms with Crippen molar-refractivity contribution in [1.82, 2.24) is 5.32 Å². The summed E-state index contributed by atoms with van der Waals surface area (Å²) in [4.78, 5) is 0. The number of alkyl halides is 1. The zero-order chi connectivity index (χ0) is 10.4. The molecule has 0 spiro atoms. The van der Waals surface area contributed by atoms with Crippen molar-refractivity contribution in [2.75, 3.05) is 13.2 Å². The average Bonchev–Trinajstić information content (AvgIpc) is 2.20. The fraction of sp³-hybridized carbons (Fsp3) is 0.500. The van der Waals surface area contributed by atoms with Crippen LogP contribution in [0.15, 0.2) is 30.3 Å². The minimum atomic E-state index is -0.350. The molecule has 1 N–H and O–H groups in total. The second-order valence-electron chi connectivity index (χ2n) is 3.92. The van der Waals surface area contributed by atoms with Crippen LogP contribution < -0.4 is 5.32 Å². The Morgan fingerprint density at radius 3 is 2.36 bits per heavy atom. The molecule has 0 heterocycles. The molecule has 0 saturated carbocycles. The maximum absolute atomic E-state index is 12.7. The molecule has 14 heavy (non-hydrogen) atoms. The highest BCUT2D eigenvalue weighted by Gasteiger charge is 2.09. The van der Waals surface area contributed by atoms with Gasteiger partial charge in [-0.1, -0.05) is 44.2 Å². The van der Waals surface area contributed by atoms with Crippen LogP contribution >= 0.6 is 0 Å². The first-order valence-corrected chi connectivity index (χ1v) is 5.08. The van der Waals surface area contributed by atoms with Gasteiger partial charge in [-0.05, 0) is 18.0 Å². The summed E-state index contributed by atoms with van der Waals surface area (Å²) in [5.41, 5.74) is 1.02. The van der Waals surface area contributed by atoms with E-state index in [4.69, 9.17) is 0 Å². The molecular formula is C12H18FN. The van der Waals surface area contributed by atoms with Crippen molar-refractivity contribution in [2.24, 2.45) is 5.92 Å². The lowest BCUT2D eigenvalue weighted by Gasteiger charge is -2.17. The summed E-state index contributed by atoms with van der Waals surface area (Å²) >= 11 is 0. The third-order valence-electron chi connectivity index (χ3n) is 2.13. The average molecular weight is 195 g/mol. The fourth-order valence-electron chi connectivity index (χ4n) is 1.32. The van der Waals surface area contributed by atoms with Gasteiger partial charge in [-0.15, -0.1) is 0 Å². The Morgan fingerprint density at radius 1 is 1.21 bits per heavy atom. The molecule has 0 fully saturated rings. The summed E-state index contributed by atoms with van der Waals surface area (Å²) in [6.45, 7) is 4.74. The molecule has 0 radical (unpaired) electrons. The predicted octanol–water partition coefficient (Wildman–Crippen LogP) is 2.94. The second-order valence-corrected chi connectivity index (χ2v) is 3.92. The Kier molecular flexibility index (Phi) is 4.60. The maximum atomic E-state index is 12.7. The van der Waals surface area contributed by atoms with Gasteiger partial charge in [0.15, 0.2) is 0 Å². The summed E-state index contributed by atoms with van der Waals surface area (Å²) in [5.74, 6) is 0.549. The second kappa shape index (κ2) is 5.76. The van der Waals surface area contributed by atoms with E-state index in [1.807, 2.05) is 30.3 Å².